The smallest absolute Gasteiger partial charge is 0.246 e. The summed E-state index contributed by atoms with van der Waals surface area (Å²) >= 11 is 0. The van der Waals surface area contributed by atoms with Crippen LogP contribution in [0.5, 0.6) is 0 Å². The Hall–Kier alpha value is -2.97. The molecule has 154 valence electrons. The first-order chi connectivity index (χ1) is 13.9. The summed E-state index contributed by atoms with van der Waals surface area (Å²) in [5, 5.41) is 2.74. The fourth-order valence-electron chi connectivity index (χ4n) is 4.36. The van der Waals surface area contributed by atoms with Crippen molar-refractivity contribution >= 4 is 17.6 Å². The average molecular weight is 400 g/mol. The molecule has 0 aromatic carbocycles. The van der Waals surface area contributed by atoms with E-state index in [1.807, 2.05) is 13.2 Å². The van der Waals surface area contributed by atoms with Gasteiger partial charge in [-0.15, -0.1) is 0 Å². The van der Waals surface area contributed by atoms with Gasteiger partial charge in [0.2, 0.25) is 11.8 Å². The quantitative estimate of drug-likeness (QED) is 0.766. The van der Waals surface area contributed by atoms with Crippen LogP contribution in [0.15, 0.2) is 41.6 Å². The summed E-state index contributed by atoms with van der Waals surface area (Å²) in [6.07, 6.45) is 6.42. The number of aliphatic imine (C=N–C) groups is 1. The number of rotatable bonds is 3. The molecule has 29 heavy (non-hydrogen) atoms. The van der Waals surface area contributed by atoms with Gasteiger partial charge >= 0.3 is 0 Å². The Bertz CT molecular complexity index is 920. The molecule has 1 aromatic heterocycles. The molecule has 0 spiro atoms. The summed E-state index contributed by atoms with van der Waals surface area (Å²) in [5.74, 6) is -1.25. The third kappa shape index (κ3) is 3.34. The van der Waals surface area contributed by atoms with Crippen LogP contribution in [0.3, 0.4) is 0 Å². The van der Waals surface area contributed by atoms with Crippen molar-refractivity contribution in [3.63, 3.8) is 0 Å². The molecule has 2 unspecified atom stereocenters. The van der Waals surface area contributed by atoms with Crippen molar-refractivity contribution in [2.75, 3.05) is 26.7 Å². The fourth-order valence-corrected chi connectivity index (χ4v) is 4.36. The SMILES string of the molecule is C=CC(=O)N1CCC[C@@H](N(C)C2=NC(c3cn(C)cn3)C3C(=O)NCC3=C2F)C1. The maximum absolute atomic E-state index is 15.4. The van der Waals surface area contributed by atoms with Gasteiger partial charge in [0.15, 0.2) is 11.7 Å². The number of carbonyl (C=O) groups excluding carboxylic acids is 2. The van der Waals surface area contributed by atoms with Crippen molar-refractivity contribution in [1.82, 2.24) is 24.7 Å². The number of likely N-dealkylation sites (tertiary alicyclic amines) is 1. The molecule has 2 amide bonds. The summed E-state index contributed by atoms with van der Waals surface area (Å²) in [6, 6.07) is -0.635. The van der Waals surface area contributed by atoms with E-state index in [4.69, 9.17) is 0 Å². The van der Waals surface area contributed by atoms with Gasteiger partial charge in [0.1, 0.15) is 6.04 Å². The van der Waals surface area contributed by atoms with Gasteiger partial charge in [-0.3, -0.25) is 14.6 Å². The molecule has 1 aromatic rings. The number of carbonyl (C=O) groups is 2. The average Bonchev–Trinajstić information content (AvgIpc) is 3.34. The number of amides is 2. The molecule has 0 aliphatic carbocycles. The van der Waals surface area contributed by atoms with Gasteiger partial charge in [0, 0.05) is 51.5 Å². The lowest BCUT2D eigenvalue weighted by Crippen LogP contribution is -2.50. The van der Waals surface area contributed by atoms with Gasteiger partial charge in [-0.1, -0.05) is 6.58 Å². The number of aromatic nitrogens is 2. The minimum Gasteiger partial charge on any atom is -0.353 e. The number of hydrogen-bond acceptors (Lipinski definition) is 5. The van der Waals surface area contributed by atoms with E-state index in [2.05, 4.69) is 21.9 Å². The number of fused-ring (bicyclic) bond motifs is 1. The highest BCUT2D eigenvalue weighted by molar-refractivity contribution is 6.01. The lowest BCUT2D eigenvalue weighted by atomic mass is 9.88. The summed E-state index contributed by atoms with van der Waals surface area (Å²) in [6.45, 7) is 4.88. The molecular weight excluding hydrogens is 375 g/mol. The molecule has 0 radical (unpaired) electrons. The second-order valence-corrected chi connectivity index (χ2v) is 7.79. The maximum atomic E-state index is 15.4. The largest absolute Gasteiger partial charge is 0.353 e. The van der Waals surface area contributed by atoms with Crippen LogP contribution < -0.4 is 5.32 Å². The first-order valence-corrected chi connectivity index (χ1v) is 9.77. The molecule has 4 rings (SSSR count). The fraction of sp³-hybridized carbons (Fsp3) is 0.500. The van der Waals surface area contributed by atoms with Crippen molar-refractivity contribution in [2.24, 2.45) is 18.0 Å². The van der Waals surface area contributed by atoms with Crippen LogP contribution in [0.4, 0.5) is 4.39 Å². The Labute approximate surface area is 168 Å². The molecule has 9 heteroatoms. The number of likely N-dealkylation sites (N-methyl/N-ethyl adjacent to an activating group) is 1. The highest BCUT2D eigenvalue weighted by atomic mass is 19.1. The Balaban J connectivity index is 1.67. The Morgan fingerprint density at radius 3 is 2.97 bits per heavy atom. The molecule has 3 aliphatic rings. The Kier molecular flexibility index (Phi) is 4.97. The van der Waals surface area contributed by atoms with Crippen molar-refractivity contribution < 1.29 is 14.0 Å². The van der Waals surface area contributed by atoms with Gasteiger partial charge in [-0.2, -0.15) is 0 Å². The monoisotopic (exact) mass is 400 g/mol. The molecule has 2 saturated heterocycles. The Morgan fingerprint density at radius 1 is 1.48 bits per heavy atom. The lowest BCUT2D eigenvalue weighted by Gasteiger charge is -2.39. The molecule has 3 atom stereocenters. The van der Waals surface area contributed by atoms with Crippen molar-refractivity contribution in [2.45, 2.75) is 24.9 Å². The van der Waals surface area contributed by atoms with Crippen LogP contribution in [-0.4, -0.2) is 69.7 Å². The van der Waals surface area contributed by atoms with E-state index in [0.717, 1.165) is 12.8 Å². The summed E-state index contributed by atoms with van der Waals surface area (Å²) in [5.41, 5.74) is 1.06. The molecule has 8 nitrogen and oxygen atoms in total. The Morgan fingerprint density at radius 2 is 2.28 bits per heavy atom. The van der Waals surface area contributed by atoms with E-state index >= 15 is 4.39 Å². The number of dihydropyridines is 1. The van der Waals surface area contributed by atoms with Crippen molar-refractivity contribution in [3.8, 4) is 0 Å². The topological polar surface area (TPSA) is 82.8 Å². The molecule has 0 bridgehead atoms. The molecule has 4 heterocycles. The standard InChI is InChI=1S/C20H25FN6O2/c1-4-15(28)27-7-5-6-12(9-27)26(3)19-17(21)13-8-22-20(29)16(13)18(24-19)14-10-25(2)11-23-14/h4,10-12,16,18H,1,5-9H2,2-3H3,(H,22,29)/t12-,16?,18?/m1/s1. The van der Waals surface area contributed by atoms with E-state index in [-0.39, 0.29) is 30.2 Å². The van der Waals surface area contributed by atoms with Crippen LogP contribution in [0, 0.1) is 5.92 Å². The molecule has 1 N–H and O–H groups in total. The number of halogens is 1. The third-order valence-corrected chi connectivity index (χ3v) is 5.96. The van der Waals surface area contributed by atoms with Crippen LogP contribution >= 0.6 is 0 Å². The number of nitrogens with zero attached hydrogens (tertiary/aromatic N) is 5. The van der Waals surface area contributed by atoms with E-state index in [9.17, 15) is 9.59 Å². The zero-order chi connectivity index (χ0) is 20.7. The van der Waals surface area contributed by atoms with Crippen LogP contribution in [0.25, 0.3) is 0 Å². The van der Waals surface area contributed by atoms with Crippen LogP contribution in [0.2, 0.25) is 0 Å². The van der Waals surface area contributed by atoms with Crippen LogP contribution in [0.1, 0.15) is 24.6 Å². The highest BCUT2D eigenvalue weighted by Gasteiger charge is 2.45. The number of piperidine rings is 1. The van der Waals surface area contributed by atoms with Gasteiger partial charge in [0.25, 0.3) is 0 Å². The number of nitrogens with one attached hydrogen (secondary N) is 1. The summed E-state index contributed by atoms with van der Waals surface area (Å²) in [4.78, 5) is 37.0. The second kappa shape index (κ2) is 7.46. The maximum Gasteiger partial charge on any atom is 0.246 e. The first kappa shape index (κ1) is 19.4. The second-order valence-electron chi connectivity index (χ2n) is 7.79. The van der Waals surface area contributed by atoms with Crippen molar-refractivity contribution in [3.05, 3.63) is 42.3 Å². The van der Waals surface area contributed by atoms with Crippen LogP contribution in [-0.2, 0) is 16.6 Å². The van der Waals surface area contributed by atoms with E-state index in [1.54, 1.807) is 27.7 Å². The van der Waals surface area contributed by atoms with E-state index in [0.29, 0.717) is 24.4 Å². The normalized spacial score (nSPS) is 26.7. The predicted octanol–water partition coefficient (Wildman–Crippen LogP) is 0.952. The molecule has 2 fully saturated rings. The zero-order valence-corrected chi connectivity index (χ0v) is 16.6. The third-order valence-electron chi connectivity index (χ3n) is 5.96. The van der Waals surface area contributed by atoms with Crippen molar-refractivity contribution in [1.29, 1.82) is 0 Å². The van der Waals surface area contributed by atoms with E-state index < -0.39 is 17.8 Å². The number of amidine groups is 1. The van der Waals surface area contributed by atoms with Gasteiger partial charge in [-0.25, -0.2) is 9.37 Å². The summed E-state index contributed by atoms with van der Waals surface area (Å²) in [7, 11) is 3.64. The highest BCUT2D eigenvalue weighted by Crippen LogP contribution is 2.40. The van der Waals surface area contributed by atoms with Gasteiger partial charge in [0.05, 0.1) is 17.9 Å². The minimum absolute atomic E-state index is 0.0660. The number of hydrogen-bond donors (Lipinski definition) is 1. The summed E-state index contributed by atoms with van der Waals surface area (Å²) < 4.78 is 17.2. The van der Waals surface area contributed by atoms with Gasteiger partial charge < -0.3 is 19.7 Å². The lowest BCUT2D eigenvalue weighted by molar-refractivity contribution is -0.127. The van der Waals surface area contributed by atoms with Gasteiger partial charge in [-0.05, 0) is 18.9 Å². The number of aryl methyl sites for hydroxylation is 1. The predicted molar refractivity (Wildman–Crippen MR) is 106 cm³/mol. The zero-order valence-electron chi connectivity index (χ0n) is 16.6. The molecule has 3 aliphatic heterocycles. The number of imidazole rings is 1. The minimum atomic E-state index is -0.674. The molecule has 0 saturated carbocycles. The van der Waals surface area contributed by atoms with E-state index in [1.165, 1.54) is 6.08 Å². The molecular formula is C20H25FN6O2. The first-order valence-electron chi connectivity index (χ1n) is 9.77.